The molecule has 7 nitrogen and oxygen atoms in total. The molecule has 1 amide bonds. The minimum absolute atomic E-state index is 0.0885. The van der Waals surface area contributed by atoms with Crippen molar-refractivity contribution in [1.82, 2.24) is 15.0 Å². The topological polar surface area (TPSA) is 77.7 Å². The number of aromatic nitrogens is 2. The van der Waals surface area contributed by atoms with Crippen molar-refractivity contribution in [3.05, 3.63) is 60.0 Å². The zero-order chi connectivity index (χ0) is 21.8. The van der Waals surface area contributed by atoms with Gasteiger partial charge >= 0.3 is 0 Å². The third-order valence-electron chi connectivity index (χ3n) is 5.08. The Hall–Kier alpha value is -3.35. The Morgan fingerprint density at radius 3 is 2.71 bits per heavy atom. The normalized spacial score (nSPS) is 16.2. The van der Waals surface area contributed by atoms with Gasteiger partial charge in [0, 0.05) is 25.1 Å². The van der Waals surface area contributed by atoms with E-state index < -0.39 is 0 Å². The molecule has 1 saturated heterocycles. The summed E-state index contributed by atoms with van der Waals surface area (Å²) in [6.07, 6.45) is 0.502. The lowest BCUT2D eigenvalue weighted by atomic mass is 10.1. The number of carbonyl (C=O) groups is 1. The quantitative estimate of drug-likeness (QED) is 0.535. The fourth-order valence-electron chi connectivity index (χ4n) is 3.67. The number of ether oxygens (including phenoxy) is 2. The number of carbonyl (C=O) groups excluding carboxylic acids is 1. The summed E-state index contributed by atoms with van der Waals surface area (Å²) in [4.78, 5) is 18.9. The van der Waals surface area contributed by atoms with Gasteiger partial charge in [-0.15, -0.1) is 0 Å². The molecule has 1 unspecified atom stereocenters. The Bertz CT molecular complexity index is 1030. The summed E-state index contributed by atoms with van der Waals surface area (Å²) < 4.78 is 16.7. The Labute approximate surface area is 182 Å². The van der Waals surface area contributed by atoms with Crippen molar-refractivity contribution in [1.29, 1.82) is 0 Å². The molecular formula is C24H27N3O4. The summed E-state index contributed by atoms with van der Waals surface area (Å²) in [5.41, 5.74) is 1.88. The van der Waals surface area contributed by atoms with Gasteiger partial charge in [-0.05, 0) is 50.6 Å². The average Bonchev–Trinajstić information content (AvgIpc) is 3.37. The Morgan fingerprint density at radius 1 is 1.16 bits per heavy atom. The van der Waals surface area contributed by atoms with Gasteiger partial charge in [-0.2, -0.15) is 4.98 Å². The number of benzene rings is 2. The van der Waals surface area contributed by atoms with Gasteiger partial charge in [-0.3, -0.25) is 4.79 Å². The fraction of sp³-hybridized carbons (Fsp3) is 0.375. The van der Waals surface area contributed by atoms with Crippen LogP contribution in [0, 0.1) is 0 Å². The van der Waals surface area contributed by atoms with E-state index in [1.165, 1.54) is 0 Å². The van der Waals surface area contributed by atoms with Crippen LogP contribution in [-0.2, 0) is 11.3 Å². The van der Waals surface area contributed by atoms with Gasteiger partial charge in [-0.1, -0.05) is 29.4 Å². The van der Waals surface area contributed by atoms with Crippen LogP contribution in [0.3, 0.4) is 0 Å². The monoisotopic (exact) mass is 421 g/mol. The van der Waals surface area contributed by atoms with E-state index in [2.05, 4.69) is 10.1 Å². The van der Waals surface area contributed by atoms with Crippen LogP contribution >= 0.6 is 0 Å². The van der Waals surface area contributed by atoms with Gasteiger partial charge in [0.25, 0.3) is 0 Å². The molecule has 2 heterocycles. The smallest absolute Gasteiger partial charge is 0.232 e. The molecule has 0 N–H and O–H groups in total. The van der Waals surface area contributed by atoms with Crippen molar-refractivity contribution in [2.45, 2.75) is 45.8 Å². The van der Waals surface area contributed by atoms with Crippen LogP contribution in [0.15, 0.2) is 53.1 Å². The third-order valence-corrected chi connectivity index (χ3v) is 5.08. The van der Waals surface area contributed by atoms with Crippen LogP contribution < -0.4 is 9.47 Å². The van der Waals surface area contributed by atoms with E-state index in [4.69, 9.17) is 14.0 Å². The molecule has 0 saturated carbocycles. The van der Waals surface area contributed by atoms with Crippen molar-refractivity contribution >= 4 is 5.91 Å². The molecule has 0 radical (unpaired) electrons. The van der Waals surface area contributed by atoms with Gasteiger partial charge in [0.05, 0.1) is 18.6 Å². The Balaban J connectivity index is 1.41. The Kier molecular flexibility index (Phi) is 6.21. The maximum Gasteiger partial charge on any atom is 0.232 e. The number of rotatable bonds is 8. The highest BCUT2D eigenvalue weighted by Gasteiger charge is 2.34. The van der Waals surface area contributed by atoms with Crippen molar-refractivity contribution in [2.75, 3.05) is 13.2 Å². The van der Waals surface area contributed by atoms with E-state index in [1.807, 2.05) is 74.2 Å². The lowest BCUT2D eigenvalue weighted by Gasteiger charge is -2.16. The first-order valence-corrected chi connectivity index (χ1v) is 10.6. The number of likely N-dealkylation sites (tertiary alicyclic amines) is 1. The lowest BCUT2D eigenvalue weighted by molar-refractivity contribution is -0.128. The second kappa shape index (κ2) is 9.20. The van der Waals surface area contributed by atoms with Crippen LogP contribution in [0.2, 0.25) is 0 Å². The van der Waals surface area contributed by atoms with Gasteiger partial charge in [-0.25, -0.2) is 0 Å². The predicted molar refractivity (Wildman–Crippen MR) is 116 cm³/mol. The van der Waals surface area contributed by atoms with Crippen molar-refractivity contribution < 1.29 is 18.8 Å². The van der Waals surface area contributed by atoms with E-state index in [-0.39, 0.29) is 17.9 Å². The molecule has 0 bridgehead atoms. The largest absolute Gasteiger partial charge is 0.494 e. The molecular weight excluding hydrogens is 394 g/mol. The van der Waals surface area contributed by atoms with E-state index in [9.17, 15) is 4.79 Å². The van der Waals surface area contributed by atoms with Crippen molar-refractivity contribution in [3.63, 3.8) is 0 Å². The van der Waals surface area contributed by atoms with Crippen LogP contribution in [0.1, 0.15) is 44.6 Å². The number of nitrogens with zero attached hydrogens (tertiary/aromatic N) is 3. The first-order valence-electron chi connectivity index (χ1n) is 10.6. The van der Waals surface area contributed by atoms with Crippen LogP contribution in [0.5, 0.6) is 11.5 Å². The second-order valence-electron chi connectivity index (χ2n) is 7.90. The fourth-order valence-corrected chi connectivity index (χ4v) is 3.67. The molecule has 1 aromatic heterocycles. The van der Waals surface area contributed by atoms with E-state index in [0.29, 0.717) is 37.8 Å². The molecule has 2 aromatic carbocycles. The van der Waals surface area contributed by atoms with E-state index >= 15 is 0 Å². The first kappa shape index (κ1) is 20.9. The zero-order valence-electron chi connectivity index (χ0n) is 18.1. The number of amides is 1. The van der Waals surface area contributed by atoms with E-state index in [0.717, 1.165) is 22.6 Å². The highest BCUT2D eigenvalue weighted by Crippen LogP contribution is 2.30. The molecule has 0 aliphatic carbocycles. The first-order chi connectivity index (χ1) is 15.0. The summed E-state index contributed by atoms with van der Waals surface area (Å²) in [5.74, 6) is 2.57. The zero-order valence-corrected chi connectivity index (χ0v) is 18.1. The molecule has 1 aliphatic rings. The van der Waals surface area contributed by atoms with Crippen molar-refractivity contribution in [3.8, 4) is 22.9 Å². The van der Waals surface area contributed by atoms with E-state index in [1.54, 1.807) is 0 Å². The SMILES string of the molecule is CCOc1cccc(-c2noc(C3CC(=O)N(Cc4ccc(OC(C)C)cc4)C3)n2)c1. The summed E-state index contributed by atoms with van der Waals surface area (Å²) in [7, 11) is 0. The highest BCUT2D eigenvalue weighted by atomic mass is 16.5. The minimum Gasteiger partial charge on any atom is -0.494 e. The van der Waals surface area contributed by atoms with Crippen molar-refractivity contribution in [2.24, 2.45) is 0 Å². The predicted octanol–water partition coefficient (Wildman–Crippen LogP) is 4.44. The molecule has 4 rings (SSSR count). The summed E-state index contributed by atoms with van der Waals surface area (Å²) in [5, 5.41) is 4.11. The number of hydrogen-bond donors (Lipinski definition) is 0. The van der Waals surface area contributed by atoms with Crippen LogP contribution in [0.25, 0.3) is 11.4 Å². The molecule has 1 fully saturated rings. The highest BCUT2D eigenvalue weighted by molar-refractivity contribution is 5.79. The molecule has 0 spiro atoms. The summed E-state index contributed by atoms with van der Waals surface area (Å²) in [6, 6.07) is 15.5. The third kappa shape index (κ3) is 5.05. The maximum atomic E-state index is 12.6. The standard InChI is InChI=1S/C24H27N3O4/c1-4-29-21-7-5-6-18(12-21)23-25-24(31-26-23)19-13-22(28)27(15-19)14-17-8-10-20(11-9-17)30-16(2)3/h5-12,16,19H,4,13-15H2,1-3H3. The van der Waals surface area contributed by atoms with Gasteiger partial charge in [0.1, 0.15) is 11.5 Å². The summed E-state index contributed by atoms with van der Waals surface area (Å²) >= 11 is 0. The van der Waals surface area contributed by atoms with Gasteiger partial charge in [0.15, 0.2) is 0 Å². The average molecular weight is 421 g/mol. The van der Waals surface area contributed by atoms with Gasteiger partial charge < -0.3 is 18.9 Å². The molecule has 7 heteroatoms. The molecule has 1 atom stereocenters. The second-order valence-corrected chi connectivity index (χ2v) is 7.90. The number of hydrogen-bond acceptors (Lipinski definition) is 6. The molecule has 31 heavy (non-hydrogen) atoms. The van der Waals surface area contributed by atoms with Crippen LogP contribution in [-0.4, -0.2) is 40.2 Å². The van der Waals surface area contributed by atoms with Crippen LogP contribution in [0.4, 0.5) is 0 Å². The molecule has 3 aromatic rings. The summed E-state index contributed by atoms with van der Waals surface area (Å²) in [6.45, 7) is 7.63. The Morgan fingerprint density at radius 2 is 1.97 bits per heavy atom. The molecule has 1 aliphatic heterocycles. The lowest BCUT2D eigenvalue weighted by Crippen LogP contribution is -2.24. The molecule has 162 valence electrons. The minimum atomic E-state index is -0.104. The van der Waals surface area contributed by atoms with Gasteiger partial charge in [0.2, 0.25) is 17.6 Å². The maximum absolute atomic E-state index is 12.6.